The van der Waals surface area contributed by atoms with E-state index in [9.17, 15) is 4.79 Å². The van der Waals surface area contributed by atoms with Crippen LogP contribution in [0.3, 0.4) is 0 Å². The van der Waals surface area contributed by atoms with Gasteiger partial charge in [0.25, 0.3) is 0 Å². The van der Waals surface area contributed by atoms with E-state index in [1.165, 1.54) is 11.1 Å². The molecule has 1 heterocycles. The van der Waals surface area contributed by atoms with Crippen LogP contribution in [0.1, 0.15) is 12.1 Å². The van der Waals surface area contributed by atoms with Crippen molar-refractivity contribution in [2.24, 2.45) is 5.73 Å². The lowest BCUT2D eigenvalue weighted by molar-refractivity contribution is -0.118. The number of para-hydroxylation sites is 1. The molecule has 0 aliphatic carbocycles. The van der Waals surface area contributed by atoms with Gasteiger partial charge in [0.05, 0.1) is 6.54 Å². The topological polar surface area (TPSA) is 63.3 Å². The highest BCUT2D eigenvalue weighted by atomic mass is 16.1. The number of benzene rings is 1. The maximum atomic E-state index is 11.0. The highest BCUT2D eigenvalue weighted by Gasteiger charge is 2.10. The number of aryl methyl sites for hydroxylation is 1. The summed E-state index contributed by atoms with van der Waals surface area (Å²) in [6.07, 6.45) is 0.356. The summed E-state index contributed by atoms with van der Waals surface area (Å²) in [5.41, 5.74) is 10.6. The number of nitrogens with two attached hydrogens (primary N) is 1. The molecule has 1 amide bonds. The standard InChI is InChI=1S/C14H20N4O/c1-16-17(2)10-12-9-11-5-3-4-6-13(11)18(12)8-7-14(15)19/h3-6,9,16H,7-8,10H2,1-2H3,(H2,15,19). The van der Waals surface area contributed by atoms with Crippen molar-refractivity contribution < 1.29 is 4.79 Å². The first-order chi connectivity index (χ1) is 9.11. The third kappa shape index (κ3) is 3.13. The Balaban J connectivity index is 2.36. The fourth-order valence-electron chi connectivity index (χ4n) is 2.21. The molecule has 19 heavy (non-hydrogen) atoms. The van der Waals surface area contributed by atoms with Crippen molar-refractivity contribution in [2.45, 2.75) is 19.5 Å². The predicted molar refractivity (Wildman–Crippen MR) is 76.3 cm³/mol. The average Bonchev–Trinajstić information content (AvgIpc) is 2.73. The van der Waals surface area contributed by atoms with E-state index in [1.54, 1.807) is 0 Å². The lowest BCUT2D eigenvalue weighted by atomic mass is 10.2. The molecule has 0 saturated heterocycles. The van der Waals surface area contributed by atoms with E-state index in [0.717, 1.165) is 12.1 Å². The van der Waals surface area contributed by atoms with E-state index in [2.05, 4.69) is 28.2 Å². The number of amides is 1. The van der Waals surface area contributed by atoms with Crippen molar-refractivity contribution in [1.29, 1.82) is 0 Å². The number of hydrazine groups is 1. The summed E-state index contributed by atoms with van der Waals surface area (Å²) >= 11 is 0. The monoisotopic (exact) mass is 260 g/mol. The molecule has 3 N–H and O–H groups in total. The van der Waals surface area contributed by atoms with Gasteiger partial charge in [-0.2, -0.15) is 0 Å². The second kappa shape index (κ2) is 5.86. The second-order valence-electron chi connectivity index (χ2n) is 4.64. The van der Waals surface area contributed by atoms with Gasteiger partial charge in [0.1, 0.15) is 0 Å². The van der Waals surface area contributed by atoms with Crippen molar-refractivity contribution >= 4 is 16.8 Å². The molecule has 0 atom stereocenters. The SMILES string of the molecule is CNN(C)Cc1cc2ccccc2n1CCC(N)=O. The largest absolute Gasteiger partial charge is 0.370 e. The molecule has 0 spiro atoms. The van der Waals surface area contributed by atoms with E-state index in [0.29, 0.717) is 13.0 Å². The van der Waals surface area contributed by atoms with E-state index < -0.39 is 0 Å². The van der Waals surface area contributed by atoms with Crippen molar-refractivity contribution in [3.05, 3.63) is 36.0 Å². The molecule has 0 aliphatic heterocycles. The van der Waals surface area contributed by atoms with Crippen LogP contribution in [0.4, 0.5) is 0 Å². The van der Waals surface area contributed by atoms with Gasteiger partial charge in [-0.05, 0) is 24.6 Å². The van der Waals surface area contributed by atoms with Gasteiger partial charge < -0.3 is 10.3 Å². The molecule has 0 saturated carbocycles. The molecule has 0 radical (unpaired) electrons. The Hall–Kier alpha value is -1.85. The third-order valence-corrected chi connectivity index (χ3v) is 3.26. The molecule has 0 aliphatic rings. The first-order valence-corrected chi connectivity index (χ1v) is 6.36. The summed E-state index contributed by atoms with van der Waals surface area (Å²) in [5.74, 6) is -0.272. The average molecular weight is 260 g/mol. The molecule has 1 aromatic heterocycles. The minimum Gasteiger partial charge on any atom is -0.370 e. The molecular weight excluding hydrogens is 240 g/mol. The summed E-state index contributed by atoms with van der Waals surface area (Å²) in [4.78, 5) is 11.0. The summed E-state index contributed by atoms with van der Waals surface area (Å²) in [6, 6.07) is 10.3. The number of hydrogen-bond acceptors (Lipinski definition) is 3. The smallest absolute Gasteiger partial charge is 0.219 e. The zero-order chi connectivity index (χ0) is 13.8. The molecule has 102 valence electrons. The highest BCUT2D eigenvalue weighted by Crippen LogP contribution is 2.21. The predicted octanol–water partition coefficient (Wildman–Crippen LogP) is 1.08. The Morgan fingerprint density at radius 3 is 2.84 bits per heavy atom. The van der Waals surface area contributed by atoms with Crippen molar-refractivity contribution in [3.63, 3.8) is 0 Å². The molecular formula is C14H20N4O. The fourth-order valence-corrected chi connectivity index (χ4v) is 2.21. The fraction of sp³-hybridized carbons (Fsp3) is 0.357. The number of carbonyl (C=O) groups is 1. The van der Waals surface area contributed by atoms with Gasteiger partial charge in [0.15, 0.2) is 0 Å². The van der Waals surface area contributed by atoms with Crippen LogP contribution in [0.15, 0.2) is 30.3 Å². The minimum atomic E-state index is -0.272. The van der Waals surface area contributed by atoms with Crippen LogP contribution in [-0.4, -0.2) is 29.6 Å². The molecule has 2 rings (SSSR count). The first kappa shape index (κ1) is 13.6. The Bertz CT molecular complexity index is 576. The van der Waals surface area contributed by atoms with Crippen LogP contribution in [0.5, 0.6) is 0 Å². The number of hydrogen-bond donors (Lipinski definition) is 2. The number of fused-ring (bicyclic) bond motifs is 1. The zero-order valence-corrected chi connectivity index (χ0v) is 11.4. The molecule has 1 aromatic carbocycles. The van der Waals surface area contributed by atoms with Crippen LogP contribution < -0.4 is 11.2 Å². The Morgan fingerprint density at radius 1 is 1.42 bits per heavy atom. The maximum absolute atomic E-state index is 11.0. The van der Waals surface area contributed by atoms with Crippen LogP contribution >= 0.6 is 0 Å². The second-order valence-corrected chi connectivity index (χ2v) is 4.64. The van der Waals surface area contributed by atoms with Crippen molar-refractivity contribution in [3.8, 4) is 0 Å². The molecule has 5 nitrogen and oxygen atoms in total. The van der Waals surface area contributed by atoms with Crippen LogP contribution in [0, 0.1) is 0 Å². The Labute approximate surface area is 113 Å². The molecule has 2 aromatic rings. The van der Waals surface area contributed by atoms with Gasteiger partial charge in [-0.3, -0.25) is 10.2 Å². The lowest BCUT2D eigenvalue weighted by Gasteiger charge is -2.17. The first-order valence-electron chi connectivity index (χ1n) is 6.36. The van der Waals surface area contributed by atoms with Crippen LogP contribution in [0.2, 0.25) is 0 Å². The molecule has 0 unspecified atom stereocenters. The van der Waals surface area contributed by atoms with Crippen molar-refractivity contribution in [2.75, 3.05) is 14.1 Å². The van der Waals surface area contributed by atoms with Gasteiger partial charge in [0, 0.05) is 31.2 Å². The quantitative estimate of drug-likeness (QED) is 0.764. The summed E-state index contributed by atoms with van der Waals surface area (Å²) in [7, 11) is 3.87. The van der Waals surface area contributed by atoms with Crippen LogP contribution in [0.25, 0.3) is 10.9 Å². The highest BCUT2D eigenvalue weighted by molar-refractivity contribution is 5.81. The van der Waals surface area contributed by atoms with Gasteiger partial charge in [0.2, 0.25) is 5.91 Å². The minimum absolute atomic E-state index is 0.272. The number of nitrogens with zero attached hydrogens (tertiary/aromatic N) is 2. The van der Waals surface area contributed by atoms with Gasteiger partial charge in [-0.15, -0.1) is 0 Å². The van der Waals surface area contributed by atoms with Crippen molar-refractivity contribution in [1.82, 2.24) is 15.0 Å². The maximum Gasteiger partial charge on any atom is 0.219 e. The number of carbonyl (C=O) groups excluding carboxylic acids is 1. The van der Waals surface area contributed by atoms with E-state index in [4.69, 9.17) is 5.73 Å². The lowest BCUT2D eigenvalue weighted by Crippen LogP contribution is -2.31. The number of nitrogens with one attached hydrogen (secondary N) is 1. The van der Waals surface area contributed by atoms with Crippen LogP contribution in [-0.2, 0) is 17.9 Å². The molecule has 0 bridgehead atoms. The Morgan fingerprint density at radius 2 is 2.16 bits per heavy atom. The van der Waals surface area contributed by atoms with E-state index in [-0.39, 0.29) is 5.91 Å². The Kier molecular flexibility index (Phi) is 4.19. The number of primary amides is 1. The normalized spacial score (nSPS) is 11.3. The summed E-state index contributed by atoms with van der Waals surface area (Å²) in [6.45, 7) is 1.39. The molecule has 0 fully saturated rings. The van der Waals surface area contributed by atoms with Gasteiger partial charge in [-0.1, -0.05) is 18.2 Å². The third-order valence-electron chi connectivity index (χ3n) is 3.26. The molecule has 5 heteroatoms. The van der Waals surface area contributed by atoms with Gasteiger partial charge >= 0.3 is 0 Å². The van der Waals surface area contributed by atoms with E-state index in [1.807, 2.05) is 31.2 Å². The summed E-state index contributed by atoms with van der Waals surface area (Å²) in [5, 5.41) is 3.18. The number of aromatic nitrogens is 1. The van der Waals surface area contributed by atoms with E-state index >= 15 is 0 Å². The summed E-state index contributed by atoms with van der Waals surface area (Å²) < 4.78 is 2.16. The van der Waals surface area contributed by atoms with Gasteiger partial charge in [-0.25, -0.2) is 5.01 Å². The zero-order valence-electron chi connectivity index (χ0n) is 11.4. The number of rotatable bonds is 6.